The van der Waals surface area contributed by atoms with E-state index in [-0.39, 0.29) is 0 Å². The zero-order chi connectivity index (χ0) is 9.80. The van der Waals surface area contributed by atoms with Crippen molar-refractivity contribution >= 4 is 11.6 Å². The molecule has 1 fully saturated rings. The van der Waals surface area contributed by atoms with Crippen molar-refractivity contribution in [3.05, 3.63) is 34.9 Å². The quantitative estimate of drug-likeness (QED) is 0.795. The van der Waals surface area contributed by atoms with Crippen LogP contribution in [0.4, 0.5) is 0 Å². The van der Waals surface area contributed by atoms with E-state index in [2.05, 4.69) is 16.7 Å². The van der Waals surface area contributed by atoms with Crippen LogP contribution in [0.1, 0.15) is 12.0 Å². The van der Waals surface area contributed by atoms with Crippen LogP contribution in [0.5, 0.6) is 0 Å². The van der Waals surface area contributed by atoms with Gasteiger partial charge >= 0.3 is 0 Å². The van der Waals surface area contributed by atoms with Crippen molar-refractivity contribution in [2.24, 2.45) is 0 Å². The standard InChI is InChI=1S/C11H15ClN2/c12-11-4-2-1-3-9(11)7-14-10-5-6-13-8-10/h1-4,10,13-14H,5-8H2. The Bertz CT molecular complexity index is 295. The number of hydrogen-bond donors (Lipinski definition) is 2. The van der Waals surface area contributed by atoms with Gasteiger partial charge in [-0.1, -0.05) is 29.8 Å². The Morgan fingerprint density at radius 3 is 3.00 bits per heavy atom. The van der Waals surface area contributed by atoms with Gasteiger partial charge in [0.25, 0.3) is 0 Å². The molecule has 2 nitrogen and oxygen atoms in total. The lowest BCUT2D eigenvalue weighted by Crippen LogP contribution is -2.30. The average molecular weight is 211 g/mol. The van der Waals surface area contributed by atoms with E-state index >= 15 is 0 Å². The van der Waals surface area contributed by atoms with Gasteiger partial charge in [0.1, 0.15) is 0 Å². The minimum atomic E-state index is 0.603. The molecule has 0 amide bonds. The Labute approximate surface area is 89.7 Å². The summed E-state index contributed by atoms with van der Waals surface area (Å²) in [4.78, 5) is 0. The maximum atomic E-state index is 6.05. The second-order valence-corrected chi connectivity index (χ2v) is 4.07. The maximum absolute atomic E-state index is 6.05. The molecule has 76 valence electrons. The maximum Gasteiger partial charge on any atom is 0.0450 e. The van der Waals surface area contributed by atoms with Gasteiger partial charge in [0, 0.05) is 24.2 Å². The molecule has 1 saturated heterocycles. The molecular formula is C11H15ClN2. The third kappa shape index (κ3) is 2.47. The van der Waals surface area contributed by atoms with Gasteiger partial charge in [-0.05, 0) is 24.6 Å². The SMILES string of the molecule is Clc1ccccc1CNC1CCNC1. The minimum Gasteiger partial charge on any atom is -0.315 e. The van der Waals surface area contributed by atoms with Gasteiger partial charge in [-0.25, -0.2) is 0 Å². The molecule has 0 aromatic heterocycles. The summed E-state index contributed by atoms with van der Waals surface area (Å²) in [5.41, 5.74) is 1.18. The molecule has 14 heavy (non-hydrogen) atoms. The van der Waals surface area contributed by atoms with Gasteiger partial charge in [0.2, 0.25) is 0 Å². The van der Waals surface area contributed by atoms with E-state index in [1.165, 1.54) is 12.0 Å². The van der Waals surface area contributed by atoms with E-state index in [4.69, 9.17) is 11.6 Å². The first-order chi connectivity index (χ1) is 6.86. The highest BCUT2D eigenvalue weighted by Gasteiger charge is 2.13. The smallest absolute Gasteiger partial charge is 0.0450 e. The van der Waals surface area contributed by atoms with Crippen LogP contribution in [0.2, 0.25) is 5.02 Å². The molecule has 1 atom stereocenters. The zero-order valence-electron chi connectivity index (χ0n) is 8.09. The fourth-order valence-corrected chi connectivity index (χ4v) is 1.93. The molecule has 3 heteroatoms. The van der Waals surface area contributed by atoms with Crippen LogP contribution < -0.4 is 10.6 Å². The lowest BCUT2D eigenvalue weighted by atomic mass is 10.2. The predicted octanol–water partition coefficient (Wildman–Crippen LogP) is 1.79. The molecule has 0 bridgehead atoms. The first-order valence-electron chi connectivity index (χ1n) is 5.04. The van der Waals surface area contributed by atoms with Gasteiger partial charge in [0.05, 0.1) is 0 Å². The van der Waals surface area contributed by atoms with Crippen molar-refractivity contribution < 1.29 is 0 Å². The molecule has 0 saturated carbocycles. The Balaban J connectivity index is 1.88. The summed E-state index contributed by atoms with van der Waals surface area (Å²) in [6.07, 6.45) is 1.21. The summed E-state index contributed by atoms with van der Waals surface area (Å²) in [5.74, 6) is 0. The van der Waals surface area contributed by atoms with E-state index in [9.17, 15) is 0 Å². The molecule has 1 unspecified atom stereocenters. The highest BCUT2D eigenvalue weighted by molar-refractivity contribution is 6.31. The predicted molar refractivity (Wildman–Crippen MR) is 59.6 cm³/mol. The third-order valence-electron chi connectivity index (χ3n) is 2.60. The van der Waals surface area contributed by atoms with E-state index < -0.39 is 0 Å². The molecule has 1 aliphatic rings. The number of rotatable bonds is 3. The number of hydrogen-bond acceptors (Lipinski definition) is 2. The van der Waals surface area contributed by atoms with Crippen molar-refractivity contribution in [2.45, 2.75) is 19.0 Å². The largest absolute Gasteiger partial charge is 0.315 e. The Kier molecular flexibility index (Phi) is 3.40. The molecule has 1 aromatic rings. The second-order valence-electron chi connectivity index (χ2n) is 3.66. The molecule has 2 rings (SSSR count). The highest BCUT2D eigenvalue weighted by Crippen LogP contribution is 2.14. The monoisotopic (exact) mass is 210 g/mol. The first kappa shape index (κ1) is 9.97. The van der Waals surface area contributed by atoms with Crippen molar-refractivity contribution in [2.75, 3.05) is 13.1 Å². The van der Waals surface area contributed by atoms with E-state index in [0.29, 0.717) is 6.04 Å². The zero-order valence-corrected chi connectivity index (χ0v) is 8.85. The molecule has 0 spiro atoms. The normalized spacial score (nSPS) is 21.4. The Hall–Kier alpha value is -0.570. The van der Waals surface area contributed by atoms with Crippen LogP contribution in [-0.4, -0.2) is 19.1 Å². The Morgan fingerprint density at radius 1 is 1.43 bits per heavy atom. The van der Waals surface area contributed by atoms with Crippen LogP contribution in [0.25, 0.3) is 0 Å². The van der Waals surface area contributed by atoms with E-state index in [1.807, 2.05) is 18.2 Å². The molecule has 0 aliphatic carbocycles. The lowest BCUT2D eigenvalue weighted by molar-refractivity contribution is 0.547. The molecule has 1 heterocycles. The summed E-state index contributed by atoms with van der Waals surface area (Å²) in [7, 11) is 0. The first-order valence-corrected chi connectivity index (χ1v) is 5.41. The summed E-state index contributed by atoms with van der Waals surface area (Å²) in [6, 6.07) is 8.59. The van der Waals surface area contributed by atoms with Crippen molar-refractivity contribution in [1.29, 1.82) is 0 Å². The van der Waals surface area contributed by atoms with Crippen LogP contribution in [0, 0.1) is 0 Å². The van der Waals surface area contributed by atoms with Gasteiger partial charge in [0.15, 0.2) is 0 Å². The van der Waals surface area contributed by atoms with Crippen LogP contribution in [0.3, 0.4) is 0 Å². The van der Waals surface area contributed by atoms with Gasteiger partial charge in [-0.2, -0.15) is 0 Å². The van der Waals surface area contributed by atoms with Crippen LogP contribution in [0.15, 0.2) is 24.3 Å². The summed E-state index contributed by atoms with van der Waals surface area (Å²) < 4.78 is 0. The average Bonchev–Trinajstić information content (AvgIpc) is 2.69. The van der Waals surface area contributed by atoms with Gasteiger partial charge < -0.3 is 10.6 Å². The van der Waals surface area contributed by atoms with Crippen LogP contribution >= 0.6 is 11.6 Å². The summed E-state index contributed by atoms with van der Waals surface area (Å²) >= 11 is 6.05. The van der Waals surface area contributed by atoms with Crippen LogP contribution in [-0.2, 0) is 6.54 Å². The molecule has 2 N–H and O–H groups in total. The Morgan fingerprint density at radius 2 is 2.29 bits per heavy atom. The van der Waals surface area contributed by atoms with Gasteiger partial charge in [-0.3, -0.25) is 0 Å². The minimum absolute atomic E-state index is 0.603. The summed E-state index contributed by atoms with van der Waals surface area (Å²) in [5, 5.41) is 7.67. The molecule has 0 radical (unpaired) electrons. The van der Waals surface area contributed by atoms with E-state index in [1.54, 1.807) is 0 Å². The van der Waals surface area contributed by atoms with E-state index in [0.717, 1.165) is 24.7 Å². The molecule has 1 aliphatic heterocycles. The third-order valence-corrected chi connectivity index (χ3v) is 2.97. The number of halogens is 1. The van der Waals surface area contributed by atoms with Gasteiger partial charge in [-0.15, -0.1) is 0 Å². The molecule has 1 aromatic carbocycles. The fraction of sp³-hybridized carbons (Fsp3) is 0.455. The number of benzene rings is 1. The highest BCUT2D eigenvalue weighted by atomic mass is 35.5. The summed E-state index contributed by atoms with van der Waals surface area (Å²) in [6.45, 7) is 3.07. The number of nitrogens with one attached hydrogen (secondary N) is 2. The lowest BCUT2D eigenvalue weighted by Gasteiger charge is -2.11. The van der Waals surface area contributed by atoms with Crippen molar-refractivity contribution in [3.63, 3.8) is 0 Å². The van der Waals surface area contributed by atoms with Crippen molar-refractivity contribution in [1.82, 2.24) is 10.6 Å². The fourth-order valence-electron chi connectivity index (χ4n) is 1.72. The second kappa shape index (κ2) is 4.78. The topological polar surface area (TPSA) is 24.1 Å². The van der Waals surface area contributed by atoms with Crippen molar-refractivity contribution in [3.8, 4) is 0 Å². The molecular weight excluding hydrogens is 196 g/mol.